The molecule has 0 aliphatic carbocycles. The first-order valence-electron chi connectivity index (χ1n) is 10.2. The van der Waals surface area contributed by atoms with E-state index in [0.717, 1.165) is 12.1 Å². The van der Waals surface area contributed by atoms with Gasteiger partial charge in [-0.2, -0.15) is 0 Å². The average Bonchev–Trinajstić information content (AvgIpc) is 3.07. The molecule has 154 valence electrons. The average molecular weight is 410 g/mol. The topological polar surface area (TPSA) is 66.5 Å². The molecule has 1 aliphatic rings. The number of nitrogens with zero attached hydrogens (tertiary/aromatic N) is 1. The lowest BCUT2D eigenvalue weighted by molar-refractivity contribution is -0.120. The van der Waals surface area contributed by atoms with Gasteiger partial charge >= 0.3 is 0 Å². The zero-order valence-corrected chi connectivity index (χ0v) is 17.2. The summed E-state index contributed by atoms with van der Waals surface area (Å²) in [5.74, 6) is -0.821. The standard InChI is InChI=1S/C26H22N2O3/c1-2-18-11-13-22(14-12-18)27-25(30)20-8-6-7-19(15-20)16-21-17-24(29)28(26(21)31)23-9-4-3-5-10-23/h3-16H,2,17H2,1H3,(H,27,30)/b21-16+. The highest BCUT2D eigenvalue weighted by Crippen LogP contribution is 2.27. The Labute approximate surface area is 181 Å². The van der Waals surface area contributed by atoms with Crippen molar-refractivity contribution < 1.29 is 14.4 Å². The monoisotopic (exact) mass is 410 g/mol. The zero-order chi connectivity index (χ0) is 21.8. The summed E-state index contributed by atoms with van der Waals surface area (Å²) in [6.07, 6.45) is 2.65. The van der Waals surface area contributed by atoms with E-state index in [4.69, 9.17) is 0 Å². The van der Waals surface area contributed by atoms with Gasteiger partial charge in [0.2, 0.25) is 5.91 Å². The number of rotatable bonds is 5. The van der Waals surface area contributed by atoms with Gasteiger partial charge in [-0.05, 0) is 60.0 Å². The van der Waals surface area contributed by atoms with Gasteiger partial charge in [-0.3, -0.25) is 14.4 Å². The van der Waals surface area contributed by atoms with Gasteiger partial charge in [-0.25, -0.2) is 4.90 Å². The predicted octanol–water partition coefficient (Wildman–Crippen LogP) is 4.85. The Bertz CT molecular complexity index is 1160. The fourth-order valence-corrected chi connectivity index (χ4v) is 3.52. The van der Waals surface area contributed by atoms with Crippen LogP contribution >= 0.6 is 0 Å². The van der Waals surface area contributed by atoms with Crippen molar-refractivity contribution in [3.63, 3.8) is 0 Å². The predicted molar refractivity (Wildman–Crippen MR) is 122 cm³/mol. The molecule has 0 saturated carbocycles. The second-order valence-electron chi connectivity index (χ2n) is 7.35. The molecular weight excluding hydrogens is 388 g/mol. The SMILES string of the molecule is CCc1ccc(NC(=O)c2cccc(/C=C3\CC(=O)N(c4ccccc4)C3=O)c2)cc1. The summed E-state index contributed by atoms with van der Waals surface area (Å²) in [6, 6.07) is 23.6. The number of benzene rings is 3. The van der Waals surface area contributed by atoms with Crippen molar-refractivity contribution >= 4 is 35.2 Å². The lowest BCUT2D eigenvalue weighted by Crippen LogP contribution is -2.28. The first kappa shape index (κ1) is 20.3. The fourth-order valence-electron chi connectivity index (χ4n) is 3.52. The number of carbonyl (C=O) groups is 3. The summed E-state index contributed by atoms with van der Waals surface area (Å²) < 4.78 is 0. The zero-order valence-electron chi connectivity index (χ0n) is 17.2. The maximum Gasteiger partial charge on any atom is 0.261 e. The van der Waals surface area contributed by atoms with E-state index in [2.05, 4.69) is 12.2 Å². The van der Waals surface area contributed by atoms with Crippen molar-refractivity contribution in [1.29, 1.82) is 0 Å². The Morgan fingerprint density at radius 3 is 2.42 bits per heavy atom. The van der Waals surface area contributed by atoms with E-state index in [1.165, 1.54) is 10.5 Å². The summed E-state index contributed by atoms with van der Waals surface area (Å²) in [4.78, 5) is 39.0. The molecule has 4 rings (SSSR count). The van der Waals surface area contributed by atoms with Gasteiger partial charge in [0.15, 0.2) is 0 Å². The molecule has 1 heterocycles. The maximum absolute atomic E-state index is 12.8. The second-order valence-corrected chi connectivity index (χ2v) is 7.35. The van der Waals surface area contributed by atoms with Gasteiger partial charge in [-0.1, -0.05) is 49.4 Å². The highest BCUT2D eigenvalue weighted by molar-refractivity contribution is 6.29. The third kappa shape index (κ3) is 4.46. The molecule has 1 fully saturated rings. The van der Waals surface area contributed by atoms with Crippen LogP contribution in [0.15, 0.2) is 84.4 Å². The van der Waals surface area contributed by atoms with Gasteiger partial charge in [0.25, 0.3) is 11.8 Å². The molecule has 3 aromatic rings. The summed E-state index contributed by atoms with van der Waals surface area (Å²) >= 11 is 0. The number of amides is 3. The van der Waals surface area contributed by atoms with Crippen LogP contribution in [0.25, 0.3) is 6.08 Å². The Balaban J connectivity index is 1.52. The lowest BCUT2D eigenvalue weighted by Gasteiger charge is -2.12. The van der Waals surface area contributed by atoms with E-state index in [-0.39, 0.29) is 24.1 Å². The lowest BCUT2D eigenvalue weighted by atomic mass is 10.1. The van der Waals surface area contributed by atoms with Crippen molar-refractivity contribution in [2.24, 2.45) is 0 Å². The van der Waals surface area contributed by atoms with Crippen LogP contribution < -0.4 is 10.2 Å². The summed E-state index contributed by atoms with van der Waals surface area (Å²) in [7, 11) is 0. The molecule has 0 atom stereocenters. The number of para-hydroxylation sites is 1. The van der Waals surface area contributed by atoms with E-state index < -0.39 is 0 Å². The number of carbonyl (C=O) groups excluding carboxylic acids is 3. The third-order valence-electron chi connectivity index (χ3n) is 5.19. The largest absolute Gasteiger partial charge is 0.322 e. The molecule has 3 aromatic carbocycles. The van der Waals surface area contributed by atoms with Gasteiger partial charge < -0.3 is 5.32 Å². The van der Waals surface area contributed by atoms with E-state index in [1.54, 1.807) is 48.5 Å². The Morgan fingerprint density at radius 1 is 0.968 bits per heavy atom. The normalized spacial score (nSPS) is 14.9. The van der Waals surface area contributed by atoms with Crippen LogP contribution in [-0.2, 0) is 16.0 Å². The van der Waals surface area contributed by atoms with Crippen LogP contribution in [0.4, 0.5) is 11.4 Å². The van der Waals surface area contributed by atoms with Crippen molar-refractivity contribution in [2.45, 2.75) is 19.8 Å². The third-order valence-corrected chi connectivity index (χ3v) is 5.19. The van der Waals surface area contributed by atoms with Crippen molar-refractivity contribution in [3.8, 4) is 0 Å². The van der Waals surface area contributed by atoms with Crippen LogP contribution in [0.2, 0.25) is 0 Å². The first-order valence-corrected chi connectivity index (χ1v) is 10.2. The van der Waals surface area contributed by atoms with Crippen LogP contribution in [-0.4, -0.2) is 17.7 Å². The van der Waals surface area contributed by atoms with Crippen molar-refractivity contribution in [3.05, 3.63) is 101 Å². The minimum atomic E-state index is -0.331. The highest BCUT2D eigenvalue weighted by atomic mass is 16.2. The highest BCUT2D eigenvalue weighted by Gasteiger charge is 2.34. The quantitative estimate of drug-likeness (QED) is 0.483. The number of anilines is 2. The summed E-state index contributed by atoms with van der Waals surface area (Å²) in [5.41, 5.74) is 4.06. The van der Waals surface area contributed by atoms with Gasteiger partial charge in [0.05, 0.1) is 12.1 Å². The fraction of sp³-hybridized carbons (Fsp3) is 0.115. The van der Waals surface area contributed by atoms with E-state index in [0.29, 0.717) is 22.4 Å². The number of hydrogen-bond donors (Lipinski definition) is 1. The minimum Gasteiger partial charge on any atom is -0.322 e. The molecule has 1 saturated heterocycles. The van der Waals surface area contributed by atoms with Gasteiger partial charge in [0, 0.05) is 16.8 Å². The molecule has 3 amide bonds. The number of aryl methyl sites for hydroxylation is 1. The molecule has 0 bridgehead atoms. The van der Waals surface area contributed by atoms with Crippen LogP contribution in [0.5, 0.6) is 0 Å². The molecule has 0 spiro atoms. The van der Waals surface area contributed by atoms with E-state index >= 15 is 0 Å². The molecular formula is C26H22N2O3. The van der Waals surface area contributed by atoms with Gasteiger partial charge in [0.1, 0.15) is 0 Å². The number of imide groups is 1. The first-order chi connectivity index (χ1) is 15.0. The van der Waals surface area contributed by atoms with Crippen molar-refractivity contribution in [1.82, 2.24) is 0 Å². The molecule has 5 nitrogen and oxygen atoms in total. The van der Waals surface area contributed by atoms with Gasteiger partial charge in [-0.15, -0.1) is 0 Å². The Kier molecular flexibility index (Phi) is 5.76. The van der Waals surface area contributed by atoms with Crippen LogP contribution in [0, 0.1) is 0 Å². The maximum atomic E-state index is 12.8. The molecule has 0 radical (unpaired) electrons. The summed E-state index contributed by atoms with van der Waals surface area (Å²) in [6.45, 7) is 2.08. The summed E-state index contributed by atoms with van der Waals surface area (Å²) in [5, 5.41) is 2.89. The molecule has 0 unspecified atom stereocenters. The number of nitrogens with one attached hydrogen (secondary N) is 1. The van der Waals surface area contributed by atoms with Crippen LogP contribution in [0.3, 0.4) is 0 Å². The Morgan fingerprint density at radius 2 is 1.71 bits per heavy atom. The second kappa shape index (κ2) is 8.79. The number of hydrogen-bond acceptors (Lipinski definition) is 3. The van der Waals surface area contributed by atoms with Crippen molar-refractivity contribution in [2.75, 3.05) is 10.2 Å². The minimum absolute atomic E-state index is 0.0356. The molecule has 0 aromatic heterocycles. The molecule has 1 N–H and O–H groups in total. The molecule has 1 aliphatic heterocycles. The Hall–Kier alpha value is -3.99. The van der Waals surface area contributed by atoms with Crippen LogP contribution in [0.1, 0.15) is 34.8 Å². The molecule has 5 heteroatoms. The van der Waals surface area contributed by atoms with E-state index in [1.807, 2.05) is 36.4 Å². The van der Waals surface area contributed by atoms with E-state index in [9.17, 15) is 14.4 Å². The smallest absolute Gasteiger partial charge is 0.261 e. The molecule has 31 heavy (non-hydrogen) atoms.